The van der Waals surface area contributed by atoms with Crippen molar-refractivity contribution in [2.24, 2.45) is 0 Å². The Labute approximate surface area is 116 Å². The lowest BCUT2D eigenvalue weighted by Crippen LogP contribution is -2.19. The van der Waals surface area contributed by atoms with Crippen LogP contribution in [0.1, 0.15) is 12.8 Å². The van der Waals surface area contributed by atoms with E-state index in [1.807, 2.05) is 6.07 Å². The van der Waals surface area contributed by atoms with E-state index < -0.39 is 0 Å². The average molecular weight is 254 g/mol. The molecular formula is C17H22N2. The van der Waals surface area contributed by atoms with Gasteiger partial charge in [0.2, 0.25) is 0 Å². The summed E-state index contributed by atoms with van der Waals surface area (Å²) in [5.41, 5.74) is 2.50. The van der Waals surface area contributed by atoms with Crippen molar-refractivity contribution in [1.29, 1.82) is 0 Å². The molecule has 2 rings (SSSR count). The van der Waals surface area contributed by atoms with E-state index in [0.717, 1.165) is 13.1 Å². The van der Waals surface area contributed by atoms with Crippen molar-refractivity contribution >= 4 is 11.4 Å². The molecule has 0 amide bonds. The molecule has 0 bridgehead atoms. The predicted molar refractivity (Wildman–Crippen MR) is 83.9 cm³/mol. The van der Waals surface area contributed by atoms with Gasteiger partial charge in [-0.15, -0.1) is 0 Å². The number of benzene rings is 2. The van der Waals surface area contributed by atoms with Crippen molar-refractivity contribution in [3.63, 3.8) is 0 Å². The molecule has 100 valence electrons. The van der Waals surface area contributed by atoms with Crippen molar-refractivity contribution in [2.45, 2.75) is 12.8 Å². The van der Waals surface area contributed by atoms with Crippen LogP contribution >= 0.6 is 0 Å². The highest BCUT2D eigenvalue weighted by atomic mass is 15.1. The van der Waals surface area contributed by atoms with Crippen LogP contribution in [0, 0.1) is 0 Å². The zero-order valence-corrected chi connectivity index (χ0v) is 11.5. The van der Waals surface area contributed by atoms with Crippen molar-refractivity contribution in [3.05, 3.63) is 60.7 Å². The van der Waals surface area contributed by atoms with Gasteiger partial charge in [0.05, 0.1) is 0 Å². The second-order valence-electron chi connectivity index (χ2n) is 4.76. The summed E-state index contributed by atoms with van der Waals surface area (Å²) in [5, 5.41) is 3.44. The lowest BCUT2D eigenvalue weighted by molar-refractivity contribution is 0.743. The molecule has 0 atom stereocenters. The van der Waals surface area contributed by atoms with Gasteiger partial charge >= 0.3 is 0 Å². The summed E-state index contributed by atoms with van der Waals surface area (Å²) < 4.78 is 0. The maximum Gasteiger partial charge on any atom is 0.0363 e. The summed E-state index contributed by atoms with van der Waals surface area (Å²) in [5.74, 6) is 0. The molecule has 2 nitrogen and oxygen atoms in total. The second-order valence-corrected chi connectivity index (χ2v) is 4.76. The molecule has 0 unspecified atom stereocenters. The van der Waals surface area contributed by atoms with Gasteiger partial charge in [-0.3, -0.25) is 0 Å². The molecule has 2 aromatic rings. The highest BCUT2D eigenvalue weighted by Gasteiger charge is 1.98. The molecule has 0 radical (unpaired) electrons. The first kappa shape index (κ1) is 13.5. The van der Waals surface area contributed by atoms with Crippen LogP contribution in [0.4, 0.5) is 11.4 Å². The molecule has 0 aliphatic rings. The Balaban J connectivity index is 1.62. The quantitative estimate of drug-likeness (QED) is 0.751. The van der Waals surface area contributed by atoms with Crippen LogP contribution in [0.2, 0.25) is 0 Å². The summed E-state index contributed by atoms with van der Waals surface area (Å²) in [4.78, 5) is 2.31. The molecular weight excluding hydrogens is 232 g/mol. The normalized spacial score (nSPS) is 10.2. The topological polar surface area (TPSA) is 15.3 Å². The van der Waals surface area contributed by atoms with Gasteiger partial charge < -0.3 is 10.2 Å². The summed E-state index contributed by atoms with van der Waals surface area (Å²) in [6.07, 6.45) is 2.39. The van der Waals surface area contributed by atoms with Crippen molar-refractivity contribution in [3.8, 4) is 0 Å². The number of nitrogens with zero attached hydrogens (tertiary/aromatic N) is 1. The third-order valence-corrected chi connectivity index (χ3v) is 3.22. The lowest BCUT2D eigenvalue weighted by Gasteiger charge is -2.19. The van der Waals surface area contributed by atoms with Crippen molar-refractivity contribution in [1.82, 2.24) is 0 Å². The van der Waals surface area contributed by atoms with E-state index in [0.29, 0.717) is 0 Å². The van der Waals surface area contributed by atoms with Crippen LogP contribution in [0.3, 0.4) is 0 Å². The number of hydrogen-bond donors (Lipinski definition) is 1. The summed E-state index contributed by atoms with van der Waals surface area (Å²) >= 11 is 0. The fourth-order valence-corrected chi connectivity index (χ4v) is 2.07. The highest BCUT2D eigenvalue weighted by Crippen LogP contribution is 2.11. The maximum atomic E-state index is 3.44. The smallest absolute Gasteiger partial charge is 0.0363 e. The van der Waals surface area contributed by atoms with Crippen molar-refractivity contribution in [2.75, 3.05) is 30.4 Å². The molecule has 0 spiro atoms. The van der Waals surface area contributed by atoms with E-state index >= 15 is 0 Å². The Kier molecular flexibility index (Phi) is 5.30. The van der Waals surface area contributed by atoms with Crippen LogP contribution in [0.15, 0.2) is 60.7 Å². The first-order valence-electron chi connectivity index (χ1n) is 6.91. The molecule has 0 saturated heterocycles. The Morgan fingerprint density at radius 3 is 2.16 bits per heavy atom. The minimum atomic E-state index is 1.03. The Bertz CT molecular complexity index is 453. The summed E-state index contributed by atoms with van der Waals surface area (Å²) in [6, 6.07) is 20.9. The zero-order valence-electron chi connectivity index (χ0n) is 11.5. The van der Waals surface area contributed by atoms with Gasteiger partial charge in [0.15, 0.2) is 0 Å². The number of para-hydroxylation sites is 2. The summed E-state index contributed by atoms with van der Waals surface area (Å²) in [7, 11) is 2.15. The molecule has 0 heterocycles. The minimum Gasteiger partial charge on any atom is -0.385 e. The van der Waals surface area contributed by atoms with E-state index in [4.69, 9.17) is 0 Å². The molecule has 0 aliphatic heterocycles. The molecule has 19 heavy (non-hydrogen) atoms. The summed E-state index contributed by atoms with van der Waals surface area (Å²) in [6.45, 7) is 2.13. The molecule has 2 aromatic carbocycles. The van der Waals surface area contributed by atoms with Gasteiger partial charge in [-0.05, 0) is 37.1 Å². The molecule has 2 heteroatoms. The molecule has 0 aromatic heterocycles. The average Bonchev–Trinajstić information content (AvgIpc) is 2.49. The number of rotatable bonds is 7. The van der Waals surface area contributed by atoms with Gasteiger partial charge in [0.1, 0.15) is 0 Å². The Morgan fingerprint density at radius 2 is 1.47 bits per heavy atom. The van der Waals surface area contributed by atoms with Gasteiger partial charge in [0.25, 0.3) is 0 Å². The minimum absolute atomic E-state index is 1.03. The Hall–Kier alpha value is -1.96. The number of nitrogens with one attached hydrogen (secondary N) is 1. The first-order valence-corrected chi connectivity index (χ1v) is 6.91. The van der Waals surface area contributed by atoms with Crippen LogP contribution in [-0.4, -0.2) is 20.1 Å². The lowest BCUT2D eigenvalue weighted by atomic mass is 10.2. The SMILES string of the molecule is CN(CCCCNc1ccccc1)c1ccccc1. The zero-order chi connectivity index (χ0) is 13.3. The fraction of sp³-hybridized carbons (Fsp3) is 0.294. The molecule has 0 fully saturated rings. The fourth-order valence-electron chi connectivity index (χ4n) is 2.07. The number of unbranched alkanes of at least 4 members (excludes halogenated alkanes) is 1. The predicted octanol–water partition coefficient (Wildman–Crippen LogP) is 4.02. The van der Waals surface area contributed by atoms with E-state index in [1.165, 1.54) is 24.2 Å². The van der Waals surface area contributed by atoms with Gasteiger partial charge in [-0.1, -0.05) is 36.4 Å². The molecule has 0 saturated carbocycles. The second kappa shape index (κ2) is 7.47. The third kappa shape index (κ3) is 4.66. The largest absolute Gasteiger partial charge is 0.385 e. The first-order chi connectivity index (χ1) is 9.36. The Morgan fingerprint density at radius 1 is 0.842 bits per heavy atom. The van der Waals surface area contributed by atoms with Gasteiger partial charge in [-0.25, -0.2) is 0 Å². The van der Waals surface area contributed by atoms with Crippen LogP contribution < -0.4 is 10.2 Å². The van der Waals surface area contributed by atoms with Crippen molar-refractivity contribution < 1.29 is 0 Å². The van der Waals surface area contributed by atoms with Gasteiger partial charge in [-0.2, -0.15) is 0 Å². The maximum absolute atomic E-state index is 3.44. The van der Waals surface area contributed by atoms with Crippen LogP contribution in [0.5, 0.6) is 0 Å². The van der Waals surface area contributed by atoms with Crippen LogP contribution in [0.25, 0.3) is 0 Å². The molecule has 0 aliphatic carbocycles. The van der Waals surface area contributed by atoms with E-state index in [-0.39, 0.29) is 0 Å². The monoisotopic (exact) mass is 254 g/mol. The van der Waals surface area contributed by atoms with E-state index in [1.54, 1.807) is 0 Å². The molecule has 1 N–H and O–H groups in total. The highest BCUT2D eigenvalue weighted by molar-refractivity contribution is 5.45. The van der Waals surface area contributed by atoms with Gasteiger partial charge in [0, 0.05) is 31.5 Å². The van der Waals surface area contributed by atoms with E-state index in [2.05, 4.69) is 71.9 Å². The van der Waals surface area contributed by atoms with E-state index in [9.17, 15) is 0 Å². The third-order valence-electron chi connectivity index (χ3n) is 3.22. The standard InChI is InChI=1S/C17H22N2/c1-19(17-12-6-3-7-13-17)15-9-8-14-18-16-10-4-2-5-11-16/h2-7,10-13,18H,8-9,14-15H2,1H3. The van der Waals surface area contributed by atoms with Crippen LogP contribution in [-0.2, 0) is 0 Å². The number of anilines is 2. The number of hydrogen-bond acceptors (Lipinski definition) is 2.